The number of benzene rings is 1. The Labute approximate surface area is 135 Å². The van der Waals surface area contributed by atoms with E-state index in [1.54, 1.807) is 23.1 Å². The molecule has 1 aromatic heterocycles. The SMILES string of the molecule is CC1CCC/C(=C\c2ccc(C=O)cc2)C1(O)Cn1cncn1. The number of carbonyl (C=O) groups is 1. The standard InChI is InChI=1S/C18H21N3O2/c1-14-3-2-4-17(9-15-5-7-16(10-22)8-6-15)18(14,23)11-21-13-19-12-20-21/h5-10,12-14,23H,2-4,11H2,1H3/b17-9+. The number of aromatic nitrogens is 3. The Hall–Kier alpha value is -2.27. The molecule has 0 bridgehead atoms. The van der Waals surface area contributed by atoms with Crippen LogP contribution in [0.3, 0.4) is 0 Å². The Morgan fingerprint density at radius 3 is 2.74 bits per heavy atom. The van der Waals surface area contributed by atoms with Crippen molar-refractivity contribution in [3.63, 3.8) is 0 Å². The molecule has 23 heavy (non-hydrogen) atoms. The molecule has 2 unspecified atom stereocenters. The maximum atomic E-state index is 11.3. The van der Waals surface area contributed by atoms with Crippen LogP contribution < -0.4 is 0 Å². The maximum Gasteiger partial charge on any atom is 0.150 e. The fourth-order valence-electron chi connectivity index (χ4n) is 3.26. The van der Waals surface area contributed by atoms with Gasteiger partial charge in [-0.05, 0) is 36.3 Å². The summed E-state index contributed by atoms with van der Waals surface area (Å²) >= 11 is 0. The number of nitrogens with zero attached hydrogens (tertiary/aromatic N) is 3. The Morgan fingerprint density at radius 2 is 2.09 bits per heavy atom. The van der Waals surface area contributed by atoms with Crippen LogP contribution in [0.25, 0.3) is 6.08 Å². The summed E-state index contributed by atoms with van der Waals surface area (Å²) in [5, 5.41) is 15.5. The predicted octanol–water partition coefficient (Wildman–Crippen LogP) is 2.73. The molecule has 1 heterocycles. The second kappa shape index (κ2) is 6.46. The first-order valence-electron chi connectivity index (χ1n) is 7.93. The van der Waals surface area contributed by atoms with Crippen LogP contribution in [0.1, 0.15) is 42.1 Å². The third kappa shape index (κ3) is 3.24. The molecule has 3 rings (SSSR count). The zero-order chi connectivity index (χ0) is 16.3. The number of hydrogen-bond acceptors (Lipinski definition) is 4. The molecule has 0 radical (unpaired) electrons. The summed E-state index contributed by atoms with van der Waals surface area (Å²) in [5.74, 6) is 0.154. The van der Waals surface area contributed by atoms with Gasteiger partial charge >= 0.3 is 0 Å². The van der Waals surface area contributed by atoms with Gasteiger partial charge in [0.05, 0.1) is 6.54 Å². The molecule has 0 saturated heterocycles. The van der Waals surface area contributed by atoms with Gasteiger partial charge in [0.2, 0.25) is 0 Å². The molecule has 1 N–H and O–H groups in total. The average Bonchev–Trinajstić information content (AvgIpc) is 3.06. The highest BCUT2D eigenvalue weighted by atomic mass is 16.3. The molecule has 0 spiro atoms. The molecule has 5 nitrogen and oxygen atoms in total. The molecule has 2 aromatic rings. The minimum absolute atomic E-state index is 0.154. The van der Waals surface area contributed by atoms with E-state index in [-0.39, 0.29) is 5.92 Å². The number of rotatable bonds is 4. The minimum Gasteiger partial charge on any atom is -0.383 e. The van der Waals surface area contributed by atoms with Crippen LogP contribution in [0.15, 0.2) is 42.5 Å². The van der Waals surface area contributed by atoms with Crippen molar-refractivity contribution in [3.8, 4) is 0 Å². The van der Waals surface area contributed by atoms with E-state index < -0.39 is 5.60 Å². The summed E-state index contributed by atoms with van der Waals surface area (Å²) in [6.07, 6.45) is 8.92. The summed E-state index contributed by atoms with van der Waals surface area (Å²) in [6, 6.07) is 7.40. The first-order valence-corrected chi connectivity index (χ1v) is 7.93. The highest BCUT2D eigenvalue weighted by molar-refractivity contribution is 5.75. The lowest BCUT2D eigenvalue weighted by Crippen LogP contribution is -2.45. The normalized spacial score (nSPS) is 26.3. The van der Waals surface area contributed by atoms with Crippen molar-refractivity contribution in [3.05, 3.63) is 53.6 Å². The predicted molar refractivity (Wildman–Crippen MR) is 87.8 cm³/mol. The molecule has 1 aliphatic carbocycles. The lowest BCUT2D eigenvalue weighted by Gasteiger charge is -2.40. The van der Waals surface area contributed by atoms with E-state index in [1.807, 2.05) is 18.2 Å². The van der Waals surface area contributed by atoms with Gasteiger partial charge in [-0.3, -0.25) is 4.79 Å². The molecule has 1 fully saturated rings. The topological polar surface area (TPSA) is 68.0 Å². The largest absolute Gasteiger partial charge is 0.383 e. The third-order valence-electron chi connectivity index (χ3n) is 4.74. The summed E-state index contributed by atoms with van der Waals surface area (Å²) in [4.78, 5) is 14.7. The summed E-state index contributed by atoms with van der Waals surface area (Å²) in [6.45, 7) is 2.49. The van der Waals surface area contributed by atoms with Gasteiger partial charge < -0.3 is 5.11 Å². The highest BCUT2D eigenvalue weighted by Gasteiger charge is 2.40. The van der Waals surface area contributed by atoms with Gasteiger partial charge in [-0.1, -0.05) is 37.3 Å². The van der Waals surface area contributed by atoms with Gasteiger partial charge in [-0.15, -0.1) is 0 Å². The minimum atomic E-state index is -0.921. The lowest BCUT2D eigenvalue weighted by molar-refractivity contribution is -0.0126. The first-order chi connectivity index (χ1) is 11.1. The summed E-state index contributed by atoms with van der Waals surface area (Å²) in [5.41, 5.74) is 1.75. The van der Waals surface area contributed by atoms with Crippen LogP contribution >= 0.6 is 0 Å². The Kier molecular flexibility index (Phi) is 4.39. The summed E-state index contributed by atoms with van der Waals surface area (Å²) in [7, 11) is 0. The van der Waals surface area contributed by atoms with Crippen LogP contribution in [0.2, 0.25) is 0 Å². The van der Waals surface area contributed by atoms with Crippen LogP contribution in [0.5, 0.6) is 0 Å². The van der Waals surface area contributed by atoms with Gasteiger partial charge in [0, 0.05) is 5.56 Å². The Balaban J connectivity index is 1.92. The lowest BCUT2D eigenvalue weighted by atomic mass is 9.72. The van der Waals surface area contributed by atoms with Crippen LogP contribution in [-0.2, 0) is 6.54 Å². The fraction of sp³-hybridized carbons (Fsp3) is 0.389. The Bertz CT molecular complexity index is 692. The molecule has 1 saturated carbocycles. The molecule has 5 heteroatoms. The second-order valence-corrected chi connectivity index (χ2v) is 6.26. The molecule has 2 atom stereocenters. The Morgan fingerprint density at radius 1 is 1.35 bits per heavy atom. The highest BCUT2D eigenvalue weighted by Crippen LogP contribution is 2.40. The van der Waals surface area contributed by atoms with E-state index in [2.05, 4.69) is 17.0 Å². The van der Waals surface area contributed by atoms with Crippen molar-refractivity contribution in [1.29, 1.82) is 0 Å². The van der Waals surface area contributed by atoms with Gasteiger partial charge in [0.15, 0.2) is 0 Å². The molecule has 1 aromatic carbocycles. The molecular weight excluding hydrogens is 290 g/mol. The number of aliphatic hydroxyl groups is 1. The maximum absolute atomic E-state index is 11.3. The zero-order valence-corrected chi connectivity index (χ0v) is 13.2. The van der Waals surface area contributed by atoms with E-state index in [4.69, 9.17) is 0 Å². The van der Waals surface area contributed by atoms with Crippen molar-refractivity contribution < 1.29 is 9.90 Å². The fourth-order valence-corrected chi connectivity index (χ4v) is 3.26. The monoisotopic (exact) mass is 311 g/mol. The van der Waals surface area contributed by atoms with E-state index in [0.717, 1.165) is 36.7 Å². The van der Waals surface area contributed by atoms with Crippen LogP contribution in [0.4, 0.5) is 0 Å². The van der Waals surface area contributed by atoms with Gasteiger partial charge in [0.1, 0.15) is 24.5 Å². The van der Waals surface area contributed by atoms with E-state index in [0.29, 0.717) is 12.1 Å². The van der Waals surface area contributed by atoms with Crippen LogP contribution in [0, 0.1) is 5.92 Å². The number of aldehydes is 1. The quantitative estimate of drug-likeness (QED) is 0.882. The number of carbonyl (C=O) groups excluding carboxylic acids is 1. The van der Waals surface area contributed by atoms with Crippen molar-refractivity contribution in [2.45, 2.75) is 38.3 Å². The molecule has 120 valence electrons. The van der Waals surface area contributed by atoms with E-state index >= 15 is 0 Å². The zero-order valence-electron chi connectivity index (χ0n) is 13.2. The average molecular weight is 311 g/mol. The number of hydrogen-bond donors (Lipinski definition) is 1. The van der Waals surface area contributed by atoms with Gasteiger partial charge in [0.25, 0.3) is 0 Å². The van der Waals surface area contributed by atoms with E-state index in [9.17, 15) is 9.90 Å². The second-order valence-electron chi connectivity index (χ2n) is 6.26. The molecule has 0 aliphatic heterocycles. The molecule has 0 amide bonds. The van der Waals surface area contributed by atoms with Gasteiger partial charge in [-0.2, -0.15) is 5.10 Å². The van der Waals surface area contributed by atoms with Crippen molar-refractivity contribution >= 4 is 12.4 Å². The molecule has 1 aliphatic rings. The van der Waals surface area contributed by atoms with Crippen LogP contribution in [-0.4, -0.2) is 31.8 Å². The third-order valence-corrected chi connectivity index (χ3v) is 4.74. The molecular formula is C18H21N3O2. The summed E-state index contributed by atoms with van der Waals surface area (Å²) < 4.78 is 1.69. The first kappa shape index (κ1) is 15.6. The van der Waals surface area contributed by atoms with Crippen molar-refractivity contribution in [2.75, 3.05) is 0 Å². The van der Waals surface area contributed by atoms with E-state index in [1.165, 1.54) is 6.33 Å². The van der Waals surface area contributed by atoms with Crippen molar-refractivity contribution in [2.24, 2.45) is 5.92 Å². The van der Waals surface area contributed by atoms with Gasteiger partial charge in [-0.25, -0.2) is 9.67 Å². The van der Waals surface area contributed by atoms with Crippen molar-refractivity contribution in [1.82, 2.24) is 14.8 Å². The smallest absolute Gasteiger partial charge is 0.150 e.